The van der Waals surface area contributed by atoms with Crippen molar-refractivity contribution in [2.75, 3.05) is 0 Å². The van der Waals surface area contributed by atoms with E-state index < -0.39 is 6.10 Å². The minimum atomic E-state index is -0.567. The number of aryl methyl sites for hydroxylation is 2. The normalized spacial score (nSPS) is 17.0. The molecule has 1 aliphatic heterocycles. The molecule has 132 valence electrons. The summed E-state index contributed by atoms with van der Waals surface area (Å²) in [4.78, 5) is 23.5. The highest BCUT2D eigenvalue weighted by molar-refractivity contribution is 5.86. The van der Waals surface area contributed by atoms with Crippen molar-refractivity contribution in [1.29, 1.82) is 0 Å². The van der Waals surface area contributed by atoms with Gasteiger partial charge >= 0.3 is 0 Å². The van der Waals surface area contributed by atoms with Gasteiger partial charge in [0, 0.05) is 29.9 Å². The Kier molecular flexibility index (Phi) is 4.07. The zero-order chi connectivity index (χ0) is 18.3. The molecule has 2 aromatic heterocycles. The van der Waals surface area contributed by atoms with Crippen molar-refractivity contribution in [3.05, 3.63) is 65.0 Å². The molecule has 0 aliphatic carbocycles. The topological polar surface area (TPSA) is 55.3 Å². The third-order valence-electron chi connectivity index (χ3n) is 4.96. The highest BCUT2D eigenvalue weighted by atomic mass is 16.5. The number of ether oxygens (including phenoxy) is 1. The first kappa shape index (κ1) is 16.5. The highest BCUT2D eigenvalue weighted by Crippen LogP contribution is 2.30. The molecule has 3 aromatic rings. The Morgan fingerprint density at radius 2 is 2.12 bits per heavy atom. The summed E-state index contributed by atoms with van der Waals surface area (Å²) in [5.74, 6) is 0.518. The second kappa shape index (κ2) is 6.41. The fourth-order valence-electron chi connectivity index (χ4n) is 3.33. The fourth-order valence-corrected chi connectivity index (χ4v) is 3.33. The molecule has 1 atom stereocenters. The number of carbonyl (C=O) groups excluding carboxylic acids is 1. The van der Waals surface area contributed by atoms with Crippen molar-refractivity contribution in [2.24, 2.45) is 0 Å². The summed E-state index contributed by atoms with van der Waals surface area (Å²) in [6, 6.07) is 10.1. The number of aromatic nitrogens is 2. The van der Waals surface area contributed by atoms with Crippen LogP contribution in [0.4, 0.5) is 0 Å². The third-order valence-corrected chi connectivity index (χ3v) is 4.96. The number of fused-ring (bicyclic) bond motifs is 2. The Bertz CT molecular complexity index is 985. The van der Waals surface area contributed by atoms with E-state index in [9.17, 15) is 4.79 Å². The van der Waals surface area contributed by atoms with Crippen LogP contribution in [0.2, 0.25) is 0 Å². The molecule has 0 saturated carbocycles. The number of carbonyl (C=O) groups is 1. The maximum Gasteiger partial charge on any atom is 0.264 e. The van der Waals surface area contributed by atoms with Gasteiger partial charge in [0.25, 0.3) is 5.91 Å². The molecule has 3 heterocycles. The largest absolute Gasteiger partial charge is 0.464 e. The molecule has 0 bridgehead atoms. The minimum Gasteiger partial charge on any atom is -0.464 e. The zero-order valence-corrected chi connectivity index (χ0v) is 15.2. The Hall–Kier alpha value is -2.95. The van der Waals surface area contributed by atoms with Crippen LogP contribution < -0.4 is 4.74 Å². The van der Waals surface area contributed by atoms with Crippen LogP contribution in [0.1, 0.15) is 29.2 Å². The first-order valence-corrected chi connectivity index (χ1v) is 8.77. The van der Waals surface area contributed by atoms with Crippen molar-refractivity contribution >= 4 is 16.8 Å². The summed E-state index contributed by atoms with van der Waals surface area (Å²) in [6.07, 6.45) is 2.95. The lowest BCUT2D eigenvalue weighted by atomic mass is 10.0. The van der Waals surface area contributed by atoms with Gasteiger partial charge in [-0.2, -0.15) is 0 Å². The van der Waals surface area contributed by atoms with E-state index in [4.69, 9.17) is 9.72 Å². The van der Waals surface area contributed by atoms with Gasteiger partial charge in [0.15, 0.2) is 6.10 Å². The number of benzene rings is 1. The van der Waals surface area contributed by atoms with Crippen LogP contribution >= 0.6 is 0 Å². The molecule has 1 amide bonds. The van der Waals surface area contributed by atoms with Crippen LogP contribution in [-0.2, 0) is 17.9 Å². The number of rotatable bonds is 2. The van der Waals surface area contributed by atoms with Gasteiger partial charge in [-0.05, 0) is 49.6 Å². The molecule has 0 fully saturated rings. The maximum absolute atomic E-state index is 12.8. The Labute approximate surface area is 152 Å². The van der Waals surface area contributed by atoms with Crippen molar-refractivity contribution in [2.45, 2.75) is 40.0 Å². The maximum atomic E-state index is 12.8. The molecule has 0 N–H and O–H groups in total. The van der Waals surface area contributed by atoms with E-state index in [1.165, 1.54) is 5.56 Å². The summed E-state index contributed by atoms with van der Waals surface area (Å²) < 4.78 is 5.92. The highest BCUT2D eigenvalue weighted by Gasteiger charge is 2.29. The molecular formula is C21H21N3O2. The van der Waals surface area contributed by atoms with Crippen LogP contribution in [0.3, 0.4) is 0 Å². The predicted molar refractivity (Wildman–Crippen MR) is 99.8 cm³/mol. The molecular weight excluding hydrogens is 326 g/mol. The summed E-state index contributed by atoms with van der Waals surface area (Å²) in [6.45, 7) is 6.90. The third kappa shape index (κ3) is 2.90. The average molecular weight is 347 g/mol. The second-order valence-electron chi connectivity index (χ2n) is 6.85. The smallest absolute Gasteiger partial charge is 0.264 e. The van der Waals surface area contributed by atoms with Gasteiger partial charge in [-0.3, -0.25) is 9.78 Å². The van der Waals surface area contributed by atoms with Crippen LogP contribution in [-0.4, -0.2) is 26.9 Å². The first-order valence-electron chi connectivity index (χ1n) is 8.77. The number of amides is 1. The van der Waals surface area contributed by atoms with Gasteiger partial charge in [0.1, 0.15) is 0 Å². The van der Waals surface area contributed by atoms with Gasteiger partial charge in [0.2, 0.25) is 5.88 Å². The quantitative estimate of drug-likeness (QED) is 0.711. The van der Waals surface area contributed by atoms with Gasteiger partial charge < -0.3 is 9.64 Å². The molecule has 0 unspecified atom stereocenters. The van der Waals surface area contributed by atoms with Crippen molar-refractivity contribution < 1.29 is 9.53 Å². The SMILES string of the molecule is Cc1ccc2cc3c(nc2c1C)O[C@H](C)C(=O)N(Cc1cccnc1)C3. The molecule has 0 saturated heterocycles. The van der Waals surface area contributed by atoms with E-state index in [0.717, 1.165) is 27.6 Å². The molecule has 5 heteroatoms. The lowest BCUT2D eigenvalue weighted by Gasteiger charge is -2.22. The Morgan fingerprint density at radius 3 is 2.88 bits per heavy atom. The minimum absolute atomic E-state index is 0.0381. The van der Waals surface area contributed by atoms with E-state index in [2.05, 4.69) is 37.0 Å². The number of pyridine rings is 2. The van der Waals surface area contributed by atoms with Crippen LogP contribution in [0.25, 0.3) is 10.9 Å². The summed E-state index contributed by atoms with van der Waals surface area (Å²) >= 11 is 0. The molecule has 26 heavy (non-hydrogen) atoms. The van der Waals surface area contributed by atoms with Gasteiger partial charge in [-0.15, -0.1) is 0 Å². The molecule has 5 nitrogen and oxygen atoms in total. The number of hydrogen-bond acceptors (Lipinski definition) is 4. The zero-order valence-electron chi connectivity index (χ0n) is 15.2. The van der Waals surface area contributed by atoms with Crippen molar-refractivity contribution in [3.8, 4) is 5.88 Å². The van der Waals surface area contributed by atoms with Gasteiger partial charge in [-0.25, -0.2) is 4.98 Å². The van der Waals surface area contributed by atoms with Crippen molar-refractivity contribution in [1.82, 2.24) is 14.9 Å². The Morgan fingerprint density at radius 1 is 1.27 bits per heavy atom. The molecule has 0 radical (unpaired) electrons. The standard InChI is InChI=1S/C21H21N3O2/c1-13-6-7-17-9-18-12-24(11-16-5-4-8-22-10-16)21(25)15(3)26-20(18)23-19(17)14(13)2/h4-10,15H,11-12H2,1-3H3/t15-/m1/s1. The van der Waals surface area contributed by atoms with E-state index in [0.29, 0.717) is 19.0 Å². The second-order valence-corrected chi connectivity index (χ2v) is 6.85. The van der Waals surface area contributed by atoms with E-state index in [1.807, 2.05) is 17.0 Å². The van der Waals surface area contributed by atoms with E-state index in [-0.39, 0.29) is 5.91 Å². The molecule has 0 spiro atoms. The molecule has 1 aliphatic rings. The summed E-state index contributed by atoms with van der Waals surface area (Å²) in [5.41, 5.74) is 5.20. The lowest BCUT2D eigenvalue weighted by molar-refractivity contribution is -0.138. The molecule has 4 rings (SSSR count). The lowest BCUT2D eigenvalue weighted by Crippen LogP contribution is -2.37. The van der Waals surface area contributed by atoms with E-state index >= 15 is 0 Å². The van der Waals surface area contributed by atoms with Gasteiger partial charge in [0.05, 0.1) is 12.1 Å². The number of nitrogens with zero attached hydrogens (tertiary/aromatic N) is 3. The van der Waals surface area contributed by atoms with Crippen LogP contribution in [0.5, 0.6) is 5.88 Å². The van der Waals surface area contributed by atoms with E-state index in [1.54, 1.807) is 19.3 Å². The summed E-state index contributed by atoms with van der Waals surface area (Å²) in [5, 5.41) is 1.07. The first-order chi connectivity index (χ1) is 12.5. The molecule has 1 aromatic carbocycles. The fraction of sp³-hybridized carbons (Fsp3) is 0.286. The van der Waals surface area contributed by atoms with Crippen LogP contribution in [0, 0.1) is 13.8 Å². The number of hydrogen-bond donors (Lipinski definition) is 0. The van der Waals surface area contributed by atoms with Crippen LogP contribution in [0.15, 0.2) is 42.7 Å². The average Bonchev–Trinajstić information content (AvgIpc) is 2.75. The predicted octanol–water partition coefficient (Wildman–Crippen LogP) is 3.56. The van der Waals surface area contributed by atoms with Gasteiger partial charge in [-0.1, -0.05) is 18.2 Å². The van der Waals surface area contributed by atoms with Crippen molar-refractivity contribution in [3.63, 3.8) is 0 Å². The monoisotopic (exact) mass is 347 g/mol. The Balaban J connectivity index is 1.76. The summed E-state index contributed by atoms with van der Waals surface area (Å²) in [7, 11) is 0.